The SMILES string of the molecule is ONC=Nc1ccc(N2CC=CCC2)cc1. The Bertz CT molecular complexity index is 384. The van der Waals surface area contributed by atoms with Gasteiger partial charge in [0.25, 0.3) is 0 Å². The van der Waals surface area contributed by atoms with Crippen LogP contribution in [0.5, 0.6) is 0 Å². The molecule has 0 saturated heterocycles. The zero-order chi connectivity index (χ0) is 11.2. The molecule has 0 spiro atoms. The lowest BCUT2D eigenvalue weighted by molar-refractivity contribution is 0.240. The number of hydrogen-bond donors (Lipinski definition) is 2. The molecule has 0 radical (unpaired) electrons. The van der Waals surface area contributed by atoms with Crippen LogP contribution in [0.15, 0.2) is 41.4 Å². The number of anilines is 1. The van der Waals surface area contributed by atoms with Crippen molar-refractivity contribution in [1.82, 2.24) is 5.48 Å². The summed E-state index contributed by atoms with van der Waals surface area (Å²) in [6.07, 6.45) is 6.75. The van der Waals surface area contributed by atoms with Crippen molar-refractivity contribution in [2.75, 3.05) is 18.0 Å². The highest BCUT2D eigenvalue weighted by atomic mass is 16.5. The maximum atomic E-state index is 8.37. The summed E-state index contributed by atoms with van der Waals surface area (Å²) < 4.78 is 0. The molecule has 0 amide bonds. The van der Waals surface area contributed by atoms with E-state index < -0.39 is 0 Å². The molecular weight excluding hydrogens is 202 g/mol. The van der Waals surface area contributed by atoms with E-state index in [-0.39, 0.29) is 0 Å². The highest BCUT2D eigenvalue weighted by molar-refractivity contribution is 5.61. The lowest BCUT2D eigenvalue weighted by atomic mass is 10.2. The van der Waals surface area contributed by atoms with Gasteiger partial charge in [-0.05, 0) is 30.7 Å². The van der Waals surface area contributed by atoms with E-state index in [0.717, 1.165) is 25.2 Å². The Hall–Kier alpha value is -1.81. The van der Waals surface area contributed by atoms with Gasteiger partial charge in [0.15, 0.2) is 0 Å². The number of aliphatic imine (C=N–C) groups is 1. The first kappa shape index (κ1) is 10.7. The molecule has 1 aromatic carbocycles. The lowest BCUT2D eigenvalue weighted by Crippen LogP contribution is -2.26. The summed E-state index contributed by atoms with van der Waals surface area (Å²) in [4.78, 5) is 6.31. The van der Waals surface area contributed by atoms with Crippen molar-refractivity contribution in [1.29, 1.82) is 0 Å². The summed E-state index contributed by atoms with van der Waals surface area (Å²) >= 11 is 0. The summed E-state index contributed by atoms with van der Waals surface area (Å²) in [6.45, 7) is 2.04. The molecule has 84 valence electrons. The van der Waals surface area contributed by atoms with Crippen LogP contribution in [0.2, 0.25) is 0 Å². The number of benzene rings is 1. The van der Waals surface area contributed by atoms with Crippen molar-refractivity contribution < 1.29 is 5.21 Å². The number of nitrogens with one attached hydrogen (secondary N) is 1. The van der Waals surface area contributed by atoms with Crippen LogP contribution in [0.1, 0.15) is 6.42 Å². The molecule has 4 nitrogen and oxygen atoms in total. The van der Waals surface area contributed by atoms with Crippen molar-refractivity contribution in [3.05, 3.63) is 36.4 Å². The standard InChI is InChI=1S/C12H15N3O/c16-14-10-13-11-4-6-12(7-5-11)15-8-2-1-3-9-15/h1-2,4-7,10,16H,3,8-9H2,(H,13,14). The molecule has 16 heavy (non-hydrogen) atoms. The van der Waals surface area contributed by atoms with Gasteiger partial charge in [-0.2, -0.15) is 0 Å². The molecule has 0 saturated carbocycles. The number of hydrogen-bond acceptors (Lipinski definition) is 3. The van der Waals surface area contributed by atoms with E-state index in [1.807, 2.05) is 29.7 Å². The Balaban J connectivity index is 2.06. The summed E-state index contributed by atoms with van der Waals surface area (Å²) in [7, 11) is 0. The first-order chi connectivity index (χ1) is 7.90. The minimum Gasteiger partial charge on any atom is -0.367 e. The van der Waals surface area contributed by atoms with E-state index in [4.69, 9.17) is 5.21 Å². The highest BCUT2D eigenvalue weighted by Gasteiger charge is 2.06. The number of nitrogens with zero attached hydrogens (tertiary/aromatic N) is 2. The highest BCUT2D eigenvalue weighted by Crippen LogP contribution is 2.20. The van der Waals surface area contributed by atoms with Gasteiger partial charge in [-0.3, -0.25) is 10.7 Å². The van der Waals surface area contributed by atoms with Gasteiger partial charge in [0.1, 0.15) is 6.34 Å². The molecule has 2 rings (SSSR count). The molecule has 0 aliphatic carbocycles. The van der Waals surface area contributed by atoms with Gasteiger partial charge < -0.3 is 4.90 Å². The van der Waals surface area contributed by atoms with Crippen LogP contribution in [-0.4, -0.2) is 24.6 Å². The third-order valence-corrected chi connectivity index (χ3v) is 2.54. The van der Waals surface area contributed by atoms with Gasteiger partial charge in [0.2, 0.25) is 0 Å². The fourth-order valence-electron chi connectivity index (χ4n) is 1.73. The van der Waals surface area contributed by atoms with Crippen LogP contribution in [0, 0.1) is 0 Å². The average Bonchev–Trinajstić information content (AvgIpc) is 2.38. The molecule has 1 aliphatic heterocycles. The maximum absolute atomic E-state index is 8.37. The van der Waals surface area contributed by atoms with Gasteiger partial charge in [0.05, 0.1) is 5.69 Å². The van der Waals surface area contributed by atoms with Crippen LogP contribution >= 0.6 is 0 Å². The molecule has 0 fully saturated rings. The van der Waals surface area contributed by atoms with E-state index in [9.17, 15) is 0 Å². The summed E-state index contributed by atoms with van der Waals surface area (Å²) in [5, 5.41) is 8.37. The predicted octanol–water partition coefficient (Wildman–Crippen LogP) is 2.09. The predicted molar refractivity (Wildman–Crippen MR) is 65.5 cm³/mol. The third-order valence-electron chi connectivity index (χ3n) is 2.54. The normalized spacial score (nSPS) is 15.7. The summed E-state index contributed by atoms with van der Waals surface area (Å²) in [5.41, 5.74) is 3.91. The molecule has 1 aliphatic rings. The van der Waals surface area contributed by atoms with Crippen LogP contribution < -0.4 is 10.4 Å². The van der Waals surface area contributed by atoms with Crippen molar-refractivity contribution in [3.63, 3.8) is 0 Å². The number of rotatable bonds is 3. The van der Waals surface area contributed by atoms with Gasteiger partial charge in [0, 0.05) is 18.8 Å². The molecule has 0 aromatic heterocycles. The van der Waals surface area contributed by atoms with E-state index in [2.05, 4.69) is 22.0 Å². The fourth-order valence-corrected chi connectivity index (χ4v) is 1.73. The Morgan fingerprint density at radius 2 is 2.06 bits per heavy atom. The fraction of sp³-hybridized carbons (Fsp3) is 0.250. The molecule has 0 unspecified atom stereocenters. The largest absolute Gasteiger partial charge is 0.367 e. The van der Waals surface area contributed by atoms with Crippen LogP contribution in [-0.2, 0) is 0 Å². The molecule has 0 atom stereocenters. The third kappa shape index (κ3) is 2.61. The maximum Gasteiger partial charge on any atom is 0.113 e. The Morgan fingerprint density at radius 1 is 1.25 bits per heavy atom. The van der Waals surface area contributed by atoms with E-state index in [0.29, 0.717) is 0 Å². The van der Waals surface area contributed by atoms with Crippen molar-refractivity contribution in [2.45, 2.75) is 6.42 Å². The summed E-state index contributed by atoms with van der Waals surface area (Å²) in [6, 6.07) is 7.95. The quantitative estimate of drug-likeness (QED) is 0.353. The first-order valence-electron chi connectivity index (χ1n) is 5.32. The molecule has 0 bridgehead atoms. The van der Waals surface area contributed by atoms with Gasteiger partial charge in [-0.15, -0.1) is 0 Å². The van der Waals surface area contributed by atoms with E-state index in [1.54, 1.807) is 0 Å². The topological polar surface area (TPSA) is 47.9 Å². The monoisotopic (exact) mass is 217 g/mol. The first-order valence-corrected chi connectivity index (χ1v) is 5.32. The molecule has 2 N–H and O–H groups in total. The van der Waals surface area contributed by atoms with Crippen LogP contribution in [0.3, 0.4) is 0 Å². The average molecular weight is 217 g/mol. The molecule has 1 heterocycles. The molecular formula is C12H15N3O. The number of hydroxylamine groups is 1. The summed E-state index contributed by atoms with van der Waals surface area (Å²) in [5.74, 6) is 0. The zero-order valence-electron chi connectivity index (χ0n) is 9.00. The van der Waals surface area contributed by atoms with Gasteiger partial charge in [-0.25, -0.2) is 4.99 Å². The zero-order valence-corrected chi connectivity index (χ0v) is 9.00. The molecule has 4 heteroatoms. The smallest absolute Gasteiger partial charge is 0.113 e. The van der Waals surface area contributed by atoms with Crippen molar-refractivity contribution in [2.24, 2.45) is 4.99 Å². The van der Waals surface area contributed by atoms with Crippen molar-refractivity contribution in [3.8, 4) is 0 Å². The second kappa shape index (κ2) is 5.32. The molecule has 1 aromatic rings. The van der Waals surface area contributed by atoms with Gasteiger partial charge >= 0.3 is 0 Å². The second-order valence-corrected chi connectivity index (χ2v) is 3.61. The Labute approximate surface area is 94.9 Å². The minimum atomic E-state index is 0.817. The minimum absolute atomic E-state index is 0.817. The van der Waals surface area contributed by atoms with E-state index >= 15 is 0 Å². The van der Waals surface area contributed by atoms with Crippen molar-refractivity contribution >= 4 is 17.7 Å². The van der Waals surface area contributed by atoms with E-state index in [1.165, 1.54) is 12.0 Å². The van der Waals surface area contributed by atoms with Crippen LogP contribution in [0.4, 0.5) is 11.4 Å². The second-order valence-electron chi connectivity index (χ2n) is 3.61. The van der Waals surface area contributed by atoms with Gasteiger partial charge in [-0.1, -0.05) is 12.2 Å². The Morgan fingerprint density at radius 3 is 2.69 bits per heavy atom. The Kier molecular flexibility index (Phi) is 3.56. The van der Waals surface area contributed by atoms with Crippen LogP contribution in [0.25, 0.3) is 0 Å². The lowest BCUT2D eigenvalue weighted by Gasteiger charge is -2.25.